The zero-order valence-electron chi connectivity index (χ0n) is 14.7. The predicted octanol–water partition coefficient (Wildman–Crippen LogP) is 2.29. The highest BCUT2D eigenvalue weighted by molar-refractivity contribution is 5.92. The number of hydrogen-bond acceptors (Lipinski definition) is 6. The van der Waals surface area contributed by atoms with E-state index >= 15 is 0 Å². The maximum atomic E-state index is 12.5. The number of aryl methyl sites for hydroxylation is 1. The third-order valence-corrected chi connectivity index (χ3v) is 4.01. The molecule has 0 spiro atoms. The standard InChI is InChI=1S/C18H22N4O3/c1-4-22(5-2)18-20-12(3)8-14(21-18)17(23)19-10-13-6-7-15-16(9-13)25-11-24-15/h6-9H,4-5,10-11H2,1-3H3,(H,19,23). The number of nitrogens with zero attached hydrogens (tertiary/aromatic N) is 3. The molecule has 25 heavy (non-hydrogen) atoms. The second-order valence-electron chi connectivity index (χ2n) is 5.74. The fourth-order valence-electron chi connectivity index (χ4n) is 2.64. The van der Waals surface area contributed by atoms with Crippen molar-refractivity contribution in [1.29, 1.82) is 0 Å². The molecule has 0 aliphatic carbocycles. The number of rotatable bonds is 6. The summed E-state index contributed by atoms with van der Waals surface area (Å²) in [6.45, 7) is 8.14. The van der Waals surface area contributed by atoms with Gasteiger partial charge in [0.2, 0.25) is 12.7 Å². The van der Waals surface area contributed by atoms with Crippen molar-refractivity contribution in [1.82, 2.24) is 15.3 Å². The summed E-state index contributed by atoms with van der Waals surface area (Å²) < 4.78 is 10.6. The van der Waals surface area contributed by atoms with Crippen molar-refractivity contribution in [3.63, 3.8) is 0 Å². The third-order valence-electron chi connectivity index (χ3n) is 4.01. The largest absolute Gasteiger partial charge is 0.454 e. The molecule has 7 nitrogen and oxygen atoms in total. The number of carbonyl (C=O) groups is 1. The first-order valence-electron chi connectivity index (χ1n) is 8.38. The van der Waals surface area contributed by atoms with Crippen LogP contribution in [-0.4, -0.2) is 35.8 Å². The lowest BCUT2D eigenvalue weighted by molar-refractivity contribution is 0.0945. The first kappa shape index (κ1) is 17.0. The lowest BCUT2D eigenvalue weighted by Crippen LogP contribution is -2.28. The molecule has 0 saturated carbocycles. The monoisotopic (exact) mass is 342 g/mol. The normalized spacial score (nSPS) is 12.1. The van der Waals surface area contributed by atoms with Crippen LogP contribution in [-0.2, 0) is 6.54 Å². The van der Waals surface area contributed by atoms with Crippen LogP contribution in [0.5, 0.6) is 11.5 Å². The summed E-state index contributed by atoms with van der Waals surface area (Å²) in [5, 5.41) is 2.89. The quantitative estimate of drug-likeness (QED) is 0.868. The number of anilines is 1. The number of nitrogens with one attached hydrogen (secondary N) is 1. The molecule has 2 aromatic rings. The molecule has 1 aromatic carbocycles. The van der Waals surface area contributed by atoms with Gasteiger partial charge in [-0.2, -0.15) is 0 Å². The van der Waals surface area contributed by atoms with E-state index in [9.17, 15) is 4.79 Å². The van der Waals surface area contributed by atoms with Crippen molar-refractivity contribution in [2.45, 2.75) is 27.3 Å². The van der Waals surface area contributed by atoms with Gasteiger partial charge in [0.05, 0.1) is 0 Å². The van der Waals surface area contributed by atoms with Gasteiger partial charge in [-0.25, -0.2) is 9.97 Å². The van der Waals surface area contributed by atoms with E-state index in [4.69, 9.17) is 9.47 Å². The molecule has 0 unspecified atom stereocenters. The topological polar surface area (TPSA) is 76.6 Å². The highest BCUT2D eigenvalue weighted by atomic mass is 16.7. The van der Waals surface area contributed by atoms with Gasteiger partial charge in [0.25, 0.3) is 5.91 Å². The summed E-state index contributed by atoms with van der Waals surface area (Å²) in [6, 6.07) is 7.31. The van der Waals surface area contributed by atoms with E-state index in [1.807, 2.05) is 43.9 Å². The Morgan fingerprint density at radius 2 is 1.92 bits per heavy atom. The van der Waals surface area contributed by atoms with Crippen molar-refractivity contribution in [3.8, 4) is 11.5 Å². The van der Waals surface area contributed by atoms with Gasteiger partial charge < -0.3 is 19.7 Å². The zero-order chi connectivity index (χ0) is 17.8. The summed E-state index contributed by atoms with van der Waals surface area (Å²) >= 11 is 0. The minimum absolute atomic E-state index is 0.225. The van der Waals surface area contributed by atoms with Crippen molar-refractivity contribution in [2.24, 2.45) is 0 Å². The van der Waals surface area contributed by atoms with Crippen LogP contribution in [0.25, 0.3) is 0 Å². The van der Waals surface area contributed by atoms with E-state index < -0.39 is 0 Å². The highest BCUT2D eigenvalue weighted by Gasteiger charge is 2.15. The second-order valence-corrected chi connectivity index (χ2v) is 5.74. The molecule has 1 aromatic heterocycles. The molecule has 0 radical (unpaired) electrons. The smallest absolute Gasteiger partial charge is 0.270 e. The first-order valence-corrected chi connectivity index (χ1v) is 8.38. The maximum absolute atomic E-state index is 12.5. The molecule has 1 aliphatic rings. The van der Waals surface area contributed by atoms with Crippen molar-refractivity contribution >= 4 is 11.9 Å². The van der Waals surface area contributed by atoms with Crippen LogP contribution in [0.2, 0.25) is 0 Å². The zero-order valence-corrected chi connectivity index (χ0v) is 14.7. The van der Waals surface area contributed by atoms with Crippen LogP contribution < -0.4 is 19.7 Å². The van der Waals surface area contributed by atoms with Gasteiger partial charge in [-0.15, -0.1) is 0 Å². The fraction of sp³-hybridized carbons (Fsp3) is 0.389. The fourth-order valence-corrected chi connectivity index (χ4v) is 2.64. The number of carbonyl (C=O) groups excluding carboxylic acids is 1. The molecule has 1 amide bonds. The molecular weight excluding hydrogens is 320 g/mol. The molecule has 3 rings (SSSR count). The van der Waals surface area contributed by atoms with Crippen LogP contribution in [0.4, 0.5) is 5.95 Å². The van der Waals surface area contributed by atoms with Crippen LogP contribution in [0, 0.1) is 6.92 Å². The Hall–Kier alpha value is -2.83. The van der Waals surface area contributed by atoms with Crippen molar-refractivity contribution in [2.75, 3.05) is 24.8 Å². The Kier molecular flexibility index (Phi) is 5.02. The minimum Gasteiger partial charge on any atom is -0.454 e. The lowest BCUT2D eigenvalue weighted by Gasteiger charge is -2.19. The summed E-state index contributed by atoms with van der Waals surface area (Å²) in [5.74, 6) is 1.79. The van der Waals surface area contributed by atoms with E-state index in [0.717, 1.165) is 30.1 Å². The van der Waals surface area contributed by atoms with E-state index in [1.54, 1.807) is 6.07 Å². The molecule has 0 bridgehead atoms. The summed E-state index contributed by atoms with van der Waals surface area (Å²) in [4.78, 5) is 23.3. The molecule has 2 heterocycles. The molecule has 1 N–H and O–H groups in total. The predicted molar refractivity (Wildman–Crippen MR) is 94.1 cm³/mol. The van der Waals surface area contributed by atoms with Gasteiger partial charge in [-0.3, -0.25) is 4.79 Å². The number of aromatic nitrogens is 2. The van der Waals surface area contributed by atoms with Gasteiger partial charge in [0, 0.05) is 25.3 Å². The Morgan fingerprint density at radius 1 is 1.16 bits per heavy atom. The number of benzene rings is 1. The average Bonchev–Trinajstić information content (AvgIpc) is 3.08. The number of hydrogen-bond donors (Lipinski definition) is 1. The van der Waals surface area contributed by atoms with Crippen LogP contribution in [0.3, 0.4) is 0 Å². The second kappa shape index (κ2) is 7.38. The van der Waals surface area contributed by atoms with Crippen molar-refractivity contribution in [3.05, 3.63) is 41.2 Å². The van der Waals surface area contributed by atoms with E-state index in [2.05, 4.69) is 15.3 Å². The van der Waals surface area contributed by atoms with E-state index in [-0.39, 0.29) is 12.7 Å². The number of amides is 1. The van der Waals surface area contributed by atoms with Crippen LogP contribution in [0.15, 0.2) is 24.3 Å². The Bertz CT molecular complexity index is 775. The molecule has 1 aliphatic heterocycles. The minimum atomic E-state index is -0.225. The number of fused-ring (bicyclic) bond motifs is 1. The van der Waals surface area contributed by atoms with E-state index in [1.165, 1.54) is 0 Å². The Morgan fingerprint density at radius 3 is 2.68 bits per heavy atom. The SMILES string of the molecule is CCN(CC)c1nc(C)cc(C(=O)NCc2ccc3c(c2)OCO3)n1. The van der Waals surface area contributed by atoms with Gasteiger partial charge in [0.15, 0.2) is 11.5 Å². The maximum Gasteiger partial charge on any atom is 0.270 e. The molecule has 7 heteroatoms. The van der Waals surface area contributed by atoms with Gasteiger partial charge in [-0.05, 0) is 44.5 Å². The third kappa shape index (κ3) is 3.81. The summed E-state index contributed by atoms with van der Waals surface area (Å²) in [5.41, 5.74) is 2.08. The lowest BCUT2D eigenvalue weighted by atomic mass is 10.2. The first-order chi connectivity index (χ1) is 12.1. The molecule has 0 atom stereocenters. The summed E-state index contributed by atoms with van der Waals surface area (Å²) in [7, 11) is 0. The Labute approximate surface area is 147 Å². The molecule has 0 saturated heterocycles. The van der Waals surface area contributed by atoms with Crippen LogP contribution >= 0.6 is 0 Å². The highest BCUT2D eigenvalue weighted by Crippen LogP contribution is 2.32. The number of ether oxygens (including phenoxy) is 2. The molecule has 132 valence electrons. The van der Waals surface area contributed by atoms with Crippen LogP contribution in [0.1, 0.15) is 35.6 Å². The van der Waals surface area contributed by atoms with E-state index in [0.29, 0.717) is 23.9 Å². The molecular formula is C18H22N4O3. The molecule has 0 fully saturated rings. The van der Waals surface area contributed by atoms with Gasteiger partial charge in [-0.1, -0.05) is 6.07 Å². The summed E-state index contributed by atoms with van der Waals surface area (Å²) in [6.07, 6.45) is 0. The van der Waals surface area contributed by atoms with Crippen molar-refractivity contribution < 1.29 is 14.3 Å². The Balaban J connectivity index is 1.70. The average molecular weight is 342 g/mol. The van der Waals surface area contributed by atoms with Gasteiger partial charge >= 0.3 is 0 Å². The van der Waals surface area contributed by atoms with Gasteiger partial charge in [0.1, 0.15) is 5.69 Å².